The molecule has 3 aromatic heterocycles. The summed E-state index contributed by atoms with van der Waals surface area (Å²) >= 11 is 6.34. The predicted molar refractivity (Wildman–Crippen MR) is 130 cm³/mol. The van der Waals surface area contributed by atoms with Crippen molar-refractivity contribution in [1.29, 1.82) is 0 Å². The second kappa shape index (κ2) is 8.05. The lowest BCUT2D eigenvalue weighted by molar-refractivity contribution is 0.537. The van der Waals surface area contributed by atoms with Crippen LogP contribution in [0.4, 0.5) is 0 Å². The number of rotatable bonds is 4. The molecule has 0 spiro atoms. The number of nitrogens with zero attached hydrogens (tertiary/aromatic N) is 4. The Balaban J connectivity index is 1.69. The zero-order valence-corrected chi connectivity index (χ0v) is 19.6. The summed E-state index contributed by atoms with van der Waals surface area (Å²) in [6, 6.07) is 17.2. The van der Waals surface area contributed by atoms with Gasteiger partial charge in [-0.3, -0.25) is 9.36 Å². The lowest BCUT2D eigenvalue weighted by Gasteiger charge is -2.12. The van der Waals surface area contributed by atoms with Crippen molar-refractivity contribution >= 4 is 22.6 Å². The minimum absolute atomic E-state index is 0.116. The van der Waals surface area contributed by atoms with Gasteiger partial charge in [0.1, 0.15) is 17.1 Å². The summed E-state index contributed by atoms with van der Waals surface area (Å²) in [6.45, 7) is 8.05. The van der Waals surface area contributed by atoms with Gasteiger partial charge in [-0.1, -0.05) is 41.4 Å². The number of benzene rings is 2. The predicted octanol–water partition coefficient (Wildman–Crippen LogP) is 5.78. The molecule has 2 aromatic carbocycles. The van der Waals surface area contributed by atoms with Crippen LogP contribution in [-0.4, -0.2) is 19.3 Å². The summed E-state index contributed by atoms with van der Waals surface area (Å²) in [6.07, 6.45) is 0. The molecule has 6 nitrogen and oxygen atoms in total. The van der Waals surface area contributed by atoms with Crippen molar-refractivity contribution < 1.29 is 4.42 Å². The van der Waals surface area contributed by atoms with Gasteiger partial charge in [-0.15, -0.1) is 0 Å². The highest BCUT2D eigenvalue weighted by Gasteiger charge is 2.20. The Labute approximate surface area is 196 Å². The largest absolute Gasteiger partial charge is 0.441 e. The molecule has 166 valence electrons. The highest BCUT2D eigenvalue weighted by molar-refractivity contribution is 6.33. The summed E-state index contributed by atoms with van der Waals surface area (Å²) in [4.78, 5) is 17.9. The summed E-state index contributed by atoms with van der Waals surface area (Å²) in [5.74, 6) is 1.08. The minimum Gasteiger partial charge on any atom is -0.441 e. The number of aromatic nitrogens is 4. The van der Waals surface area contributed by atoms with E-state index in [1.165, 1.54) is 0 Å². The molecule has 0 aliphatic heterocycles. The van der Waals surface area contributed by atoms with Gasteiger partial charge in [-0.05, 0) is 57.5 Å². The fourth-order valence-electron chi connectivity index (χ4n) is 4.16. The molecule has 0 unspecified atom stereocenters. The smallest absolute Gasteiger partial charge is 0.252 e. The van der Waals surface area contributed by atoms with Crippen molar-refractivity contribution in [2.45, 2.75) is 34.2 Å². The Hall–Kier alpha value is -3.64. The second-order valence-corrected chi connectivity index (χ2v) is 8.69. The molecule has 0 N–H and O–H groups in total. The molecule has 33 heavy (non-hydrogen) atoms. The first-order valence-corrected chi connectivity index (χ1v) is 11.1. The van der Waals surface area contributed by atoms with Gasteiger partial charge in [0.25, 0.3) is 5.56 Å². The molecule has 0 radical (unpaired) electrons. The Bertz CT molecular complexity index is 1560. The highest BCUT2D eigenvalue weighted by atomic mass is 35.5. The van der Waals surface area contributed by atoms with E-state index in [9.17, 15) is 4.79 Å². The highest BCUT2D eigenvalue weighted by Crippen LogP contribution is 2.29. The first-order valence-electron chi connectivity index (χ1n) is 10.7. The van der Waals surface area contributed by atoms with Crippen molar-refractivity contribution in [3.8, 4) is 17.1 Å². The van der Waals surface area contributed by atoms with Crippen LogP contribution in [0.1, 0.15) is 28.3 Å². The van der Waals surface area contributed by atoms with E-state index in [2.05, 4.69) is 4.98 Å². The number of pyridine rings is 1. The van der Waals surface area contributed by atoms with Crippen molar-refractivity contribution in [2.75, 3.05) is 0 Å². The van der Waals surface area contributed by atoms with E-state index in [0.717, 1.165) is 39.1 Å². The first-order chi connectivity index (χ1) is 15.8. The minimum atomic E-state index is -0.116. The molecule has 0 saturated carbocycles. The summed E-state index contributed by atoms with van der Waals surface area (Å²) in [5.41, 5.74) is 5.83. The lowest BCUT2D eigenvalue weighted by atomic mass is 10.1. The van der Waals surface area contributed by atoms with E-state index in [1.54, 1.807) is 16.7 Å². The van der Waals surface area contributed by atoms with Gasteiger partial charge in [-0.25, -0.2) is 9.67 Å². The lowest BCUT2D eigenvalue weighted by Crippen LogP contribution is -2.23. The molecule has 3 heterocycles. The van der Waals surface area contributed by atoms with E-state index in [0.29, 0.717) is 22.4 Å². The van der Waals surface area contributed by atoms with Crippen LogP contribution in [0.2, 0.25) is 5.02 Å². The standard InChI is InChI=1S/C26H23ClN4O2/c1-15-9-11-19(12-10-15)31-26-24(17(3)29-31)16(2)13-23(32)30(26)14-22-18(4)33-25(28-22)20-7-5-6-8-21(20)27/h5-13H,14H2,1-4H3. The molecule has 7 heteroatoms. The van der Waals surface area contributed by atoms with E-state index in [4.69, 9.17) is 21.1 Å². The molecule has 0 bridgehead atoms. The van der Waals surface area contributed by atoms with Crippen LogP contribution in [0.25, 0.3) is 28.2 Å². The average molecular weight is 459 g/mol. The van der Waals surface area contributed by atoms with Gasteiger partial charge in [0.15, 0.2) is 0 Å². The third-order valence-electron chi connectivity index (χ3n) is 5.88. The number of hydrogen-bond acceptors (Lipinski definition) is 4. The van der Waals surface area contributed by atoms with Gasteiger partial charge >= 0.3 is 0 Å². The molecule has 0 saturated heterocycles. The van der Waals surface area contributed by atoms with Crippen LogP contribution in [-0.2, 0) is 6.54 Å². The maximum absolute atomic E-state index is 13.2. The average Bonchev–Trinajstić information content (AvgIpc) is 3.32. The van der Waals surface area contributed by atoms with E-state index in [-0.39, 0.29) is 12.1 Å². The van der Waals surface area contributed by atoms with E-state index in [1.807, 2.05) is 74.8 Å². The fraction of sp³-hybridized carbons (Fsp3) is 0.192. The van der Waals surface area contributed by atoms with Gasteiger partial charge < -0.3 is 4.42 Å². The number of aryl methyl sites for hydroxylation is 4. The Morgan fingerprint density at radius 3 is 2.45 bits per heavy atom. The number of fused-ring (bicyclic) bond motifs is 1. The van der Waals surface area contributed by atoms with Crippen LogP contribution in [0.3, 0.4) is 0 Å². The molecular weight excluding hydrogens is 436 g/mol. The number of halogens is 1. The summed E-state index contributed by atoms with van der Waals surface area (Å²) in [5, 5.41) is 6.30. The molecule has 0 fully saturated rings. The third-order valence-corrected chi connectivity index (χ3v) is 6.20. The van der Waals surface area contributed by atoms with Crippen LogP contribution >= 0.6 is 11.6 Å². The number of hydrogen-bond donors (Lipinski definition) is 0. The van der Waals surface area contributed by atoms with Crippen LogP contribution in [0.15, 0.2) is 63.8 Å². The van der Waals surface area contributed by atoms with Crippen LogP contribution < -0.4 is 5.56 Å². The normalized spacial score (nSPS) is 11.4. The zero-order valence-electron chi connectivity index (χ0n) is 18.9. The van der Waals surface area contributed by atoms with Crippen molar-refractivity contribution in [3.63, 3.8) is 0 Å². The maximum atomic E-state index is 13.2. The molecule has 0 atom stereocenters. The summed E-state index contributed by atoms with van der Waals surface area (Å²) in [7, 11) is 0. The van der Waals surface area contributed by atoms with Gasteiger partial charge in [0.2, 0.25) is 5.89 Å². The van der Waals surface area contributed by atoms with Crippen molar-refractivity contribution in [1.82, 2.24) is 19.3 Å². The third kappa shape index (κ3) is 3.66. The van der Waals surface area contributed by atoms with Crippen LogP contribution in [0.5, 0.6) is 0 Å². The maximum Gasteiger partial charge on any atom is 0.252 e. The molecule has 5 rings (SSSR count). The van der Waals surface area contributed by atoms with Gasteiger partial charge in [0.05, 0.1) is 28.5 Å². The SMILES string of the molecule is Cc1ccc(-n2nc(C)c3c(C)cc(=O)n(Cc4nc(-c5ccccc5Cl)oc4C)c32)cc1. The molecule has 0 amide bonds. The van der Waals surface area contributed by atoms with Gasteiger partial charge in [-0.2, -0.15) is 5.10 Å². The quantitative estimate of drug-likeness (QED) is 0.342. The molecule has 0 aliphatic rings. The Morgan fingerprint density at radius 1 is 1.00 bits per heavy atom. The Kier molecular flexibility index (Phi) is 5.17. The molecule has 5 aromatic rings. The monoisotopic (exact) mass is 458 g/mol. The first kappa shape index (κ1) is 21.2. The number of oxazole rings is 1. The topological polar surface area (TPSA) is 65.8 Å². The van der Waals surface area contributed by atoms with Crippen LogP contribution in [0, 0.1) is 27.7 Å². The summed E-state index contributed by atoms with van der Waals surface area (Å²) < 4.78 is 9.48. The molecular formula is C26H23ClN4O2. The fourth-order valence-corrected chi connectivity index (χ4v) is 4.38. The second-order valence-electron chi connectivity index (χ2n) is 8.28. The van der Waals surface area contributed by atoms with E-state index >= 15 is 0 Å². The van der Waals surface area contributed by atoms with Gasteiger partial charge in [0, 0.05) is 11.5 Å². The zero-order chi connectivity index (χ0) is 23.3. The van der Waals surface area contributed by atoms with Crippen molar-refractivity contribution in [2.24, 2.45) is 0 Å². The molecule has 0 aliphatic carbocycles. The van der Waals surface area contributed by atoms with E-state index < -0.39 is 0 Å². The van der Waals surface area contributed by atoms with Crippen molar-refractivity contribution in [3.05, 3.63) is 98.2 Å². The Morgan fingerprint density at radius 2 is 1.73 bits per heavy atom.